The quantitative estimate of drug-likeness (QED) is 0.862. The summed E-state index contributed by atoms with van der Waals surface area (Å²) >= 11 is 1.26. The number of aryl methyl sites for hydroxylation is 2. The Morgan fingerprint density at radius 3 is 2.86 bits per heavy atom. The molecule has 0 saturated heterocycles. The van der Waals surface area contributed by atoms with Crippen molar-refractivity contribution in [3.63, 3.8) is 0 Å². The van der Waals surface area contributed by atoms with Crippen molar-refractivity contribution in [3.8, 4) is 0 Å². The van der Waals surface area contributed by atoms with Gasteiger partial charge >= 0.3 is 5.97 Å². The number of methoxy groups -OCH3 is 1. The van der Waals surface area contributed by atoms with Crippen molar-refractivity contribution in [1.82, 2.24) is 4.98 Å². The van der Waals surface area contributed by atoms with Crippen molar-refractivity contribution < 1.29 is 14.3 Å². The van der Waals surface area contributed by atoms with E-state index in [4.69, 9.17) is 4.74 Å². The maximum atomic E-state index is 12.0. The number of nitrogens with one attached hydrogen (secondary N) is 1. The van der Waals surface area contributed by atoms with Crippen LogP contribution >= 0.6 is 11.3 Å². The van der Waals surface area contributed by atoms with Crippen molar-refractivity contribution in [2.24, 2.45) is 0 Å². The lowest BCUT2D eigenvalue weighted by Crippen LogP contribution is -2.15. The van der Waals surface area contributed by atoms with Crippen LogP contribution in [0.5, 0.6) is 0 Å². The zero-order valence-electron chi connectivity index (χ0n) is 11.9. The third kappa shape index (κ3) is 3.88. The molecule has 6 heteroatoms. The summed E-state index contributed by atoms with van der Waals surface area (Å²) in [5.41, 5.74) is 2.26. The molecular weight excluding hydrogens is 288 g/mol. The number of thiophene rings is 1. The van der Waals surface area contributed by atoms with Crippen molar-refractivity contribution in [3.05, 3.63) is 45.9 Å². The molecule has 2 aromatic heterocycles. The molecule has 1 N–H and O–H groups in total. The summed E-state index contributed by atoms with van der Waals surface area (Å²) < 4.78 is 4.71. The predicted octanol–water partition coefficient (Wildman–Crippen LogP) is 2.81. The number of rotatable bonds is 5. The van der Waals surface area contributed by atoms with E-state index in [9.17, 15) is 9.59 Å². The fourth-order valence-corrected chi connectivity index (χ4v) is 2.75. The number of anilines is 1. The van der Waals surface area contributed by atoms with Gasteiger partial charge in [0.1, 0.15) is 4.88 Å². The van der Waals surface area contributed by atoms with E-state index in [1.54, 1.807) is 6.20 Å². The summed E-state index contributed by atoms with van der Waals surface area (Å²) in [7, 11) is 1.32. The normalized spacial score (nSPS) is 10.2. The Kier molecular flexibility index (Phi) is 5.05. The van der Waals surface area contributed by atoms with Gasteiger partial charge in [-0.05, 0) is 36.4 Å². The summed E-state index contributed by atoms with van der Waals surface area (Å²) in [6.45, 7) is 1.84. The Bertz CT molecular complexity index is 638. The Balaban J connectivity index is 2.00. The number of pyridine rings is 1. The second-order valence-corrected chi connectivity index (χ2v) is 5.36. The summed E-state index contributed by atoms with van der Waals surface area (Å²) in [5, 5.41) is 4.61. The second-order valence-electron chi connectivity index (χ2n) is 4.48. The third-order valence-electron chi connectivity index (χ3n) is 2.94. The Morgan fingerprint density at radius 1 is 1.38 bits per heavy atom. The van der Waals surface area contributed by atoms with Gasteiger partial charge < -0.3 is 10.1 Å². The van der Waals surface area contributed by atoms with Crippen LogP contribution < -0.4 is 5.32 Å². The Hall–Kier alpha value is -2.21. The predicted molar refractivity (Wildman–Crippen MR) is 81.6 cm³/mol. The van der Waals surface area contributed by atoms with Crippen LogP contribution in [0.4, 0.5) is 5.69 Å². The topological polar surface area (TPSA) is 68.3 Å². The molecule has 0 unspecified atom stereocenters. The number of carbonyl (C=O) groups excluding carboxylic acids is 2. The standard InChI is InChI=1S/C15H16N2O3S/c1-10-9-21-14(15(19)20-2)13(10)17-12(18)7-6-11-5-3-4-8-16-11/h3-5,8-9H,6-7H2,1-2H3,(H,17,18). The second kappa shape index (κ2) is 6.99. The molecule has 0 bridgehead atoms. The molecule has 110 valence electrons. The van der Waals surface area contributed by atoms with Crippen LogP contribution in [0.1, 0.15) is 27.3 Å². The number of nitrogens with zero attached hydrogens (tertiary/aromatic N) is 1. The van der Waals surface area contributed by atoms with Crippen LogP contribution in [0.2, 0.25) is 0 Å². The van der Waals surface area contributed by atoms with E-state index >= 15 is 0 Å². The molecule has 2 rings (SSSR count). The smallest absolute Gasteiger partial charge is 0.350 e. The zero-order chi connectivity index (χ0) is 15.2. The molecule has 0 radical (unpaired) electrons. The summed E-state index contributed by atoms with van der Waals surface area (Å²) in [5.74, 6) is -0.583. The fourth-order valence-electron chi connectivity index (χ4n) is 1.83. The minimum absolute atomic E-state index is 0.146. The zero-order valence-corrected chi connectivity index (χ0v) is 12.7. The van der Waals surface area contributed by atoms with Crippen molar-refractivity contribution in [2.75, 3.05) is 12.4 Å². The lowest BCUT2D eigenvalue weighted by atomic mass is 10.2. The van der Waals surface area contributed by atoms with Gasteiger partial charge in [-0.1, -0.05) is 6.07 Å². The number of hydrogen-bond donors (Lipinski definition) is 1. The van der Waals surface area contributed by atoms with Gasteiger partial charge in [0.05, 0.1) is 12.8 Å². The highest BCUT2D eigenvalue weighted by atomic mass is 32.1. The molecule has 0 aliphatic heterocycles. The molecule has 0 aliphatic carbocycles. The van der Waals surface area contributed by atoms with Gasteiger partial charge in [-0.2, -0.15) is 0 Å². The molecule has 21 heavy (non-hydrogen) atoms. The first kappa shape index (κ1) is 15.2. The molecule has 0 aromatic carbocycles. The average Bonchev–Trinajstić information content (AvgIpc) is 2.86. The molecule has 0 fully saturated rings. The van der Waals surface area contributed by atoms with E-state index < -0.39 is 5.97 Å². The number of hydrogen-bond acceptors (Lipinski definition) is 5. The molecule has 0 saturated carbocycles. The SMILES string of the molecule is COC(=O)c1scc(C)c1NC(=O)CCc1ccccn1. The van der Waals surface area contributed by atoms with Crippen LogP contribution in [0, 0.1) is 6.92 Å². The maximum Gasteiger partial charge on any atom is 0.350 e. The summed E-state index contributed by atoms with van der Waals surface area (Å²) in [6.07, 6.45) is 2.57. The lowest BCUT2D eigenvalue weighted by molar-refractivity contribution is -0.116. The van der Waals surface area contributed by atoms with Gasteiger partial charge in [0.25, 0.3) is 0 Å². The first-order valence-corrected chi connectivity index (χ1v) is 7.36. The maximum absolute atomic E-state index is 12.0. The van der Waals surface area contributed by atoms with Crippen LogP contribution in [-0.2, 0) is 16.0 Å². The van der Waals surface area contributed by atoms with E-state index in [-0.39, 0.29) is 5.91 Å². The highest BCUT2D eigenvalue weighted by molar-refractivity contribution is 7.12. The van der Waals surface area contributed by atoms with E-state index in [0.717, 1.165) is 11.3 Å². The number of aromatic nitrogens is 1. The van der Waals surface area contributed by atoms with Gasteiger partial charge in [0, 0.05) is 18.3 Å². The van der Waals surface area contributed by atoms with Gasteiger partial charge in [-0.25, -0.2) is 4.79 Å². The van der Waals surface area contributed by atoms with Gasteiger partial charge in [0.15, 0.2) is 0 Å². The number of esters is 1. The molecule has 2 aromatic rings. The van der Waals surface area contributed by atoms with Gasteiger partial charge in [-0.3, -0.25) is 9.78 Å². The molecule has 0 aliphatic rings. The van der Waals surface area contributed by atoms with E-state index in [2.05, 4.69) is 10.3 Å². The summed E-state index contributed by atoms with van der Waals surface area (Å²) in [6, 6.07) is 5.60. The molecule has 0 spiro atoms. The molecule has 5 nitrogen and oxygen atoms in total. The van der Waals surface area contributed by atoms with E-state index in [1.807, 2.05) is 30.5 Å². The third-order valence-corrected chi connectivity index (χ3v) is 4.02. The lowest BCUT2D eigenvalue weighted by Gasteiger charge is -2.07. The largest absolute Gasteiger partial charge is 0.465 e. The monoisotopic (exact) mass is 304 g/mol. The van der Waals surface area contributed by atoms with Crippen LogP contribution in [0.3, 0.4) is 0 Å². The van der Waals surface area contributed by atoms with E-state index in [0.29, 0.717) is 23.4 Å². The number of carbonyl (C=O) groups is 2. The molecular formula is C15H16N2O3S. The van der Waals surface area contributed by atoms with E-state index in [1.165, 1.54) is 18.4 Å². The summed E-state index contributed by atoms with van der Waals surface area (Å²) in [4.78, 5) is 28.2. The average molecular weight is 304 g/mol. The van der Waals surface area contributed by atoms with Crippen molar-refractivity contribution >= 4 is 28.9 Å². The van der Waals surface area contributed by atoms with Crippen LogP contribution in [0.15, 0.2) is 29.8 Å². The highest BCUT2D eigenvalue weighted by Crippen LogP contribution is 2.28. The van der Waals surface area contributed by atoms with Crippen LogP contribution in [0.25, 0.3) is 0 Å². The van der Waals surface area contributed by atoms with Crippen molar-refractivity contribution in [1.29, 1.82) is 0 Å². The Labute approximate surface area is 127 Å². The Morgan fingerprint density at radius 2 is 2.19 bits per heavy atom. The molecule has 0 atom stereocenters. The number of amides is 1. The first-order valence-electron chi connectivity index (χ1n) is 6.48. The van der Waals surface area contributed by atoms with Crippen molar-refractivity contribution in [2.45, 2.75) is 19.8 Å². The van der Waals surface area contributed by atoms with Crippen LogP contribution in [-0.4, -0.2) is 24.0 Å². The highest BCUT2D eigenvalue weighted by Gasteiger charge is 2.18. The molecule has 2 heterocycles. The minimum atomic E-state index is -0.437. The minimum Gasteiger partial charge on any atom is -0.465 e. The molecule has 1 amide bonds. The fraction of sp³-hybridized carbons (Fsp3) is 0.267. The number of ether oxygens (including phenoxy) is 1. The van der Waals surface area contributed by atoms with Gasteiger partial charge in [0.2, 0.25) is 5.91 Å². The first-order chi connectivity index (χ1) is 10.1. The van der Waals surface area contributed by atoms with Gasteiger partial charge in [-0.15, -0.1) is 11.3 Å².